The highest BCUT2D eigenvalue weighted by Crippen LogP contribution is 2.49. The van der Waals surface area contributed by atoms with Crippen LogP contribution in [0.1, 0.15) is 37.9 Å². The van der Waals surface area contributed by atoms with Gasteiger partial charge in [0.15, 0.2) is 5.76 Å². The van der Waals surface area contributed by atoms with E-state index in [4.69, 9.17) is 14.0 Å². The van der Waals surface area contributed by atoms with E-state index in [1.165, 1.54) is 4.90 Å². The molecule has 1 aromatic heterocycles. The Labute approximate surface area is 222 Å². The summed E-state index contributed by atoms with van der Waals surface area (Å²) in [5.41, 5.74) is 5.13. The fourth-order valence-corrected chi connectivity index (χ4v) is 4.71. The van der Waals surface area contributed by atoms with Gasteiger partial charge in [0.05, 0.1) is 24.3 Å². The highest BCUT2D eigenvalue weighted by atomic mass is 16.6. The van der Waals surface area contributed by atoms with E-state index in [0.29, 0.717) is 29.4 Å². The van der Waals surface area contributed by atoms with Gasteiger partial charge >= 0.3 is 12.1 Å². The molecule has 0 unspecified atom stereocenters. The standard InChI is InChI=1S/C31H30N2O5/c1-4-36-29(34)31(19-20-31)25-17-15-23(16-18-25)22-11-13-24(14-12-22)28-27(21(3)32-38-28)33(30(35)37-5-2)26-9-7-6-8-10-26/h6-18H,4-5,19-20H2,1-3H3. The Bertz CT molecular complexity index is 1420. The molecular formula is C31H30N2O5. The number of hydrogen-bond donors (Lipinski definition) is 0. The lowest BCUT2D eigenvalue weighted by atomic mass is 9.93. The molecule has 0 bridgehead atoms. The van der Waals surface area contributed by atoms with Crippen molar-refractivity contribution < 1.29 is 23.6 Å². The van der Waals surface area contributed by atoms with Gasteiger partial charge in [0.25, 0.3) is 0 Å². The predicted octanol–water partition coefficient (Wildman–Crippen LogP) is 7.21. The first kappa shape index (κ1) is 25.3. The van der Waals surface area contributed by atoms with Crippen molar-refractivity contribution in [3.05, 3.63) is 90.1 Å². The van der Waals surface area contributed by atoms with Gasteiger partial charge in [-0.3, -0.25) is 4.79 Å². The molecule has 7 heteroatoms. The number of aryl methyl sites for hydroxylation is 1. The van der Waals surface area contributed by atoms with Crippen molar-refractivity contribution in [2.24, 2.45) is 0 Å². The van der Waals surface area contributed by atoms with Gasteiger partial charge in [0, 0.05) is 5.56 Å². The van der Waals surface area contributed by atoms with Crippen LogP contribution in [-0.4, -0.2) is 30.4 Å². The summed E-state index contributed by atoms with van der Waals surface area (Å²) in [5, 5.41) is 4.17. The number of hydrogen-bond acceptors (Lipinski definition) is 6. The summed E-state index contributed by atoms with van der Waals surface area (Å²) < 4.78 is 16.4. The van der Waals surface area contributed by atoms with E-state index in [-0.39, 0.29) is 12.6 Å². The van der Waals surface area contributed by atoms with Crippen molar-refractivity contribution in [2.45, 2.75) is 39.0 Å². The van der Waals surface area contributed by atoms with Crippen LogP contribution < -0.4 is 4.90 Å². The number of ether oxygens (including phenoxy) is 2. The molecule has 0 N–H and O–H groups in total. The number of amides is 1. The molecule has 1 heterocycles. The Morgan fingerprint density at radius 2 is 1.42 bits per heavy atom. The van der Waals surface area contributed by atoms with Crippen LogP contribution in [0.2, 0.25) is 0 Å². The first-order valence-corrected chi connectivity index (χ1v) is 12.8. The third-order valence-electron chi connectivity index (χ3n) is 6.85. The molecule has 1 amide bonds. The quantitative estimate of drug-likeness (QED) is 0.233. The van der Waals surface area contributed by atoms with Crippen LogP contribution >= 0.6 is 0 Å². The molecule has 1 aliphatic rings. The zero-order chi connectivity index (χ0) is 26.7. The fourth-order valence-electron chi connectivity index (χ4n) is 4.71. The number of anilines is 2. The Balaban J connectivity index is 1.43. The average Bonchev–Trinajstić information content (AvgIpc) is 3.68. The second-order valence-electron chi connectivity index (χ2n) is 9.27. The van der Waals surface area contributed by atoms with Crippen molar-refractivity contribution in [3.8, 4) is 22.5 Å². The van der Waals surface area contributed by atoms with Crippen LogP contribution in [0.25, 0.3) is 22.5 Å². The average molecular weight is 511 g/mol. The SMILES string of the molecule is CCOC(=O)N(c1ccccc1)c1c(C)noc1-c1ccc(-c2ccc(C3(C(=O)OCC)CC3)cc2)cc1. The number of benzene rings is 3. The summed E-state index contributed by atoms with van der Waals surface area (Å²) in [4.78, 5) is 26.9. The Morgan fingerprint density at radius 3 is 2.00 bits per heavy atom. The summed E-state index contributed by atoms with van der Waals surface area (Å²) in [6.07, 6.45) is 1.15. The molecule has 1 saturated carbocycles. The van der Waals surface area contributed by atoms with Crippen LogP contribution in [0.3, 0.4) is 0 Å². The normalized spacial score (nSPS) is 13.6. The molecule has 1 fully saturated rings. The third-order valence-corrected chi connectivity index (χ3v) is 6.85. The van der Waals surface area contributed by atoms with Gasteiger partial charge in [0.2, 0.25) is 0 Å². The number of para-hydroxylation sites is 1. The Morgan fingerprint density at radius 1 is 0.842 bits per heavy atom. The molecule has 1 aliphatic carbocycles. The number of aromatic nitrogens is 1. The van der Waals surface area contributed by atoms with Gasteiger partial charge in [-0.15, -0.1) is 0 Å². The third kappa shape index (κ3) is 4.67. The zero-order valence-electron chi connectivity index (χ0n) is 21.8. The maximum atomic E-state index is 13.0. The molecule has 38 heavy (non-hydrogen) atoms. The van der Waals surface area contributed by atoms with E-state index in [1.54, 1.807) is 13.8 Å². The molecular weight excluding hydrogens is 480 g/mol. The van der Waals surface area contributed by atoms with E-state index in [1.807, 2.05) is 85.8 Å². The molecule has 0 aliphatic heterocycles. The molecule has 194 valence electrons. The lowest BCUT2D eigenvalue weighted by Crippen LogP contribution is -2.27. The van der Waals surface area contributed by atoms with Crippen LogP contribution in [0.15, 0.2) is 83.4 Å². The van der Waals surface area contributed by atoms with Gasteiger partial charge in [0.1, 0.15) is 11.4 Å². The van der Waals surface area contributed by atoms with Gasteiger partial charge in [-0.05, 0) is 62.4 Å². The predicted molar refractivity (Wildman–Crippen MR) is 145 cm³/mol. The molecule has 5 rings (SSSR count). The lowest BCUT2D eigenvalue weighted by Gasteiger charge is -2.22. The number of nitrogens with zero attached hydrogens (tertiary/aromatic N) is 2. The number of carbonyl (C=O) groups is 2. The fraction of sp³-hybridized carbons (Fsp3) is 0.258. The smallest absolute Gasteiger partial charge is 0.419 e. The van der Waals surface area contributed by atoms with Gasteiger partial charge in [-0.1, -0.05) is 71.9 Å². The molecule has 3 aromatic carbocycles. The summed E-state index contributed by atoms with van der Waals surface area (Å²) in [7, 11) is 0. The highest BCUT2D eigenvalue weighted by Gasteiger charge is 2.52. The van der Waals surface area contributed by atoms with Crippen LogP contribution in [0.4, 0.5) is 16.2 Å². The van der Waals surface area contributed by atoms with Crippen molar-refractivity contribution in [3.63, 3.8) is 0 Å². The summed E-state index contributed by atoms with van der Waals surface area (Å²) >= 11 is 0. The molecule has 0 spiro atoms. The molecule has 0 atom stereocenters. The van der Waals surface area contributed by atoms with E-state index >= 15 is 0 Å². The van der Waals surface area contributed by atoms with E-state index in [2.05, 4.69) is 5.16 Å². The lowest BCUT2D eigenvalue weighted by molar-refractivity contribution is -0.146. The molecule has 4 aromatic rings. The topological polar surface area (TPSA) is 81.9 Å². The monoisotopic (exact) mass is 510 g/mol. The Kier molecular flexibility index (Phi) is 7.01. The van der Waals surface area contributed by atoms with Crippen LogP contribution in [0, 0.1) is 6.92 Å². The van der Waals surface area contributed by atoms with Crippen molar-refractivity contribution in [1.29, 1.82) is 0 Å². The molecule has 0 saturated heterocycles. The number of esters is 1. The first-order valence-electron chi connectivity index (χ1n) is 12.8. The zero-order valence-corrected chi connectivity index (χ0v) is 21.8. The van der Waals surface area contributed by atoms with Gasteiger partial charge in [-0.2, -0.15) is 0 Å². The summed E-state index contributed by atoms with van der Waals surface area (Å²) in [5.74, 6) is 0.342. The van der Waals surface area contributed by atoms with Crippen molar-refractivity contribution in [2.75, 3.05) is 18.1 Å². The van der Waals surface area contributed by atoms with Crippen molar-refractivity contribution in [1.82, 2.24) is 5.16 Å². The minimum Gasteiger partial charge on any atom is -0.465 e. The van der Waals surface area contributed by atoms with E-state index in [9.17, 15) is 9.59 Å². The maximum Gasteiger partial charge on any atom is 0.419 e. The maximum absolute atomic E-state index is 13.0. The van der Waals surface area contributed by atoms with E-state index < -0.39 is 11.5 Å². The highest BCUT2D eigenvalue weighted by molar-refractivity contribution is 6.00. The largest absolute Gasteiger partial charge is 0.465 e. The summed E-state index contributed by atoms with van der Waals surface area (Å²) in [6.45, 7) is 6.04. The summed E-state index contributed by atoms with van der Waals surface area (Å²) in [6, 6.07) is 25.3. The second-order valence-corrected chi connectivity index (χ2v) is 9.27. The van der Waals surface area contributed by atoms with Gasteiger partial charge < -0.3 is 14.0 Å². The minimum absolute atomic E-state index is 0.136. The number of rotatable bonds is 8. The number of carbonyl (C=O) groups excluding carboxylic acids is 2. The first-order chi connectivity index (χ1) is 18.5. The van der Waals surface area contributed by atoms with Crippen LogP contribution in [0.5, 0.6) is 0 Å². The van der Waals surface area contributed by atoms with Crippen molar-refractivity contribution >= 4 is 23.4 Å². The molecule has 0 radical (unpaired) electrons. The van der Waals surface area contributed by atoms with E-state index in [0.717, 1.165) is 35.1 Å². The van der Waals surface area contributed by atoms with Crippen LogP contribution in [-0.2, 0) is 19.7 Å². The molecule has 7 nitrogen and oxygen atoms in total. The second kappa shape index (κ2) is 10.5. The van der Waals surface area contributed by atoms with Gasteiger partial charge in [-0.25, -0.2) is 9.69 Å². The Hall–Kier alpha value is -4.39. The minimum atomic E-state index is -0.501.